The van der Waals surface area contributed by atoms with E-state index in [1.807, 2.05) is 18.8 Å². The van der Waals surface area contributed by atoms with Gasteiger partial charge in [0.15, 0.2) is 5.96 Å². The third kappa shape index (κ3) is 7.04. The smallest absolute Gasteiger partial charge is 0.191 e. The van der Waals surface area contributed by atoms with Crippen LogP contribution in [0.25, 0.3) is 0 Å². The Morgan fingerprint density at radius 1 is 1.44 bits per heavy atom. The first-order valence-corrected chi connectivity index (χ1v) is 7.67. The minimum absolute atomic E-state index is 0. The Kier molecular flexibility index (Phi) is 10.3. The highest BCUT2D eigenvalue weighted by molar-refractivity contribution is 14.0. The van der Waals surface area contributed by atoms with Crippen LogP contribution < -0.4 is 10.6 Å². The second kappa shape index (κ2) is 10.1. The first-order valence-electron chi connectivity index (χ1n) is 6.27. The molecule has 6 heteroatoms. The molecule has 1 saturated heterocycles. The van der Waals surface area contributed by atoms with Gasteiger partial charge >= 0.3 is 0 Å². The Morgan fingerprint density at radius 3 is 2.78 bits per heavy atom. The van der Waals surface area contributed by atoms with Gasteiger partial charge in [-0.2, -0.15) is 11.8 Å². The van der Waals surface area contributed by atoms with Crippen molar-refractivity contribution >= 4 is 41.7 Å². The lowest BCUT2D eigenvalue weighted by atomic mass is 10.0. The van der Waals surface area contributed by atoms with E-state index in [0.717, 1.165) is 44.9 Å². The summed E-state index contributed by atoms with van der Waals surface area (Å²) < 4.78 is 5.73. The summed E-state index contributed by atoms with van der Waals surface area (Å²) >= 11 is 1.87. The van der Waals surface area contributed by atoms with E-state index in [2.05, 4.69) is 28.8 Å². The van der Waals surface area contributed by atoms with Crippen molar-refractivity contribution in [2.45, 2.75) is 31.8 Å². The number of thioether (sulfide) groups is 1. The summed E-state index contributed by atoms with van der Waals surface area (Å²) in [7, 11) is 1.81. The van der Waals surface area contributed by atoms with Crippen molar-refractivity contribution in [1.82, 2.24) is 10.6 Å². The Balaban J connectivity index is 0.00000289. The molecule has 1 aliphatic rings. The molecule has 0 aliphatic carbocycles. The van der Waals surface area contributed by atoms with Crippen molar-refractivity contribution in [1.29, 1.82) is 0 Å². The quantitative estimate of drug-likeness (QED) is 0.317. The standard InChI is InChI=1S/C12H25N3OS.HI/c1-12(6-4-8-16-12)10-15-11(13-2)14-7-5-9-17-3;/h4-10H2,1-3H3,(H2,13,14,15);1H. The van der Waals surface area contributed by atoms with E-state index in [-0.39, 0.29) is 29.6 Å². The van der Waals surface area contributed by atoms with Crippen LogP contribution in [-0.2, 0) is 4.74 Å². The van der Waals surface area contributed by atoms with Crippen molar-refractivity contribution < 1.29 is 4.74 Å². The van der Waals surface area contributed by atoms with Crippen LogP contribution in [0.1, 0.15) is 26.2 Å². The van der Waals surface area contributed by atoms with E-state index in [0.29, 0.717) is 0 Å². The molecule has 4 nitrogen and oxygen atoms in total. The van der Waals surface area contributed by atoms with Crippen molar-refractivity contribution in [3.63, 3.8) is 0 Å². The van der Waals surface area contributed by atoms with Gasteiger partial charge in [-0.05, 0) is 38.2 Å². The normalized spacial score (nSPS) is 23.6. The van der Waals surface area contributed by atoms with Gasteiger partial charge in [0.1, 0.15) is 0 Å². The molecule has 0 radical (unpaired) electrons. The summed E-state index contributed by atoms with van der Waals surface area (Å²) in [5.74, 6) is 2.06. The highest BCUT2D eigenvalue weighted by Gasteiger charge is 2.29. The number of guanidine groups is 1. The SMILES string of the molecule is CN=C(NCCCSC)NCC1(C)CCCO1.I. The van der Waals surface area contributed by atoms with Gasteiger partial charge in [0.2, 0.25) is 0 Å². The molecule has 108 valence electrons. The van der Waals surface area contributed by atoms with Crippen molar-refractivity contribution in [2.75, 3.05) is 38.8 Å². The lowest BCUT2D eigenvalue weighted by Crippen LogP contribution is -2.45. The molecule has 0 aromatic rings. The number of rotatable bonds is 6. The van der Waals surface area contributed by atoms with E-state index < -0.39 is 0 Å². The van der Waals surface area contributed by atoms with Gasteiger partial charge in [-0.3, -0.25) is 4.99 Å². The average Bonchev–Trinajstić information content (AvgIpc) is 2.76. The predicted molar refractivity (Wildman–Crippen MR) is 91.4 cm³/mol. The molecule has 1 fully saturated rings. The number of aliphatic imine (C=N–C) groups is 1. The zero-order valence-electron chi connectivity index (χ0n) is 11.6. The van der Waals surface area contributed by atoms with Crippen LogP contribution in [0.2, 0.25) is 0 Å². The van der Waals surface area contributed by atoms with Crippen LogP contribution in [0.5, 0.6) is 0 Å². The van der Waals surface area contributed by atoms with E-state index in [1.165, 1.54) is 5.75 Å². The third-order valence-corrected chi connectivity index (χ3v) is 3.67. The molecule has 0 saturated carbocycles. The summed E-state index contributed by atoms with van der Waals surface area (Å²) in [4.78, 5) is 4.21. The van der Waals surface area contributed by atoms with E-state index in [9.17, 15) is 0 Å². The second-order valence-electron chi connectivity index (χ2n) is 4.60. The van der Waals surface area contributed by atoms with Crippen LogP contribution in [0.3, 0.4) is 0 Å². The first-order chi connectivity index (χ1) is 8.20. The molecular weight excluding hydrogens is 361 g/mol. The lowest BCUT2D eigenvalue weighted by Gasteiger charge is -2.24. The average molecular weight is 387 g/mol. The molecule has 0 aromatic carbocycles. The zero-order chi connectivity index (χ0) is 12.6. The molecule has 1 heterocycles. The topological polar surface area (TPSA) is 45.7 Å². The lowest BCUT2D eigenvalue weighted by molar-refractivity contribution is 0.0243. The molecule has 0 aromatic heterocycles. The summed E-state index contributed by atoms with van der Waals surface area (Å²) in [6.07, 6.45) is 5.59. The molecule has 1 atom stereocenters. The predicted octanol–water partition coefficient (Wildman–Crippen LogP) is 2.09. The maximum atomic E-state index is 5.73. The van der Waals surface area contributed by atoms with Crippen molar-refractivity contribution in [3.8, 4) is 0 Å². The van der Waals surface area contributed by atoms with Crippen LogP contribution >= 0.6 is 35.7 Å². The fraction of sp³-hybridized carbons (Fsp3) is 0.917. The fourth-order valence-corrected chi connectivity index (χ4v) is 2.32. The fourth-order valence-electron chi connectivity index (χ4n) is 1.89. The van der Waals surface area contributed by atoms with E-state index in [1.54, 1.807) is 0 Å². The minimum atomic E-state index is -0.0170. The largest absolute Gasteiger partial charge is 0.373 e. The van der Waals surface area contributed by atoms with Crippen LogP contribution in [0.15, 0.2) is 4.99 Å². The van der Waals surface area contributed by atoms with Crippen LogP contribution in [0.4, 0.5) is 0 Å². The maximum absolute atomic E-state index is 5.73. The number of nitrogens with zero attached hydrogens (tertiary/aromatic N) is 1. The number of hydrogen-bond acceptors (Lipinski definition) is 3. The number of halogens is 1. The Morgan fingerprint density at radius 2 is 2.22 bits per heavy atom. The summed E-state index contributed by atoms with van der Waals surface area (Å²) in [5, 5.41) is 6.65. The second-order valence-corrected chi connectivity index (χ2v) is 5.59. The van der Waals surface area contributed by atoms with Gasteiger partial charge in [0, 0.05) is 26.7 Å². The highest BCUT2D eigenvalue weighted by atomic mass is 127. The number of hydrogen-bond donors (Lipinski definition) is 2. The molecule has 0 amide bonds. The summed E-state index contributed by atoms with van der Waals surface area (Å²) in [6.45, 7) is 4.85. The third-order valence-electron chi connectivity index (χ3n) is 2.97. The molecule has 1 rings (SSSR count). The van der Waals surface area contributed by atoms with E-state index in [4.69, 9.17) is 4.74 Å². The summed E-state index contributed by atoms with van der Waals surface area (Å²) in [6, 6.07) is 0. The number of ether oxygens (including phenoxy) is 1. The molecular formula is C12H26IN3OS. The molecule has 1 aliphatic heterocycles. The molecule has 0 spiro atoms. The molecule has 0 bridgehead atoms. The van der Waals surface area contributed by atoms with Crippen LogP contribution in [0, 0.1) is 0 Å². The molecule has 2 N–H and O–H groups in total. The first kappa shape index (κ1) is 18.3. The van der Waals surface area contributed by atoms with Gasteiger partial charge in [-0.15, -0.1) is 24.0 Å². The van der Waals surface area contributed by atoms with E-state index >= 15 is 0 Å². The van der Waals surface area contributed by atoms with Crippen molar-refractivity contribution in [3.05, 3.63) is 0 Å². The van der Waals surface area contributed by atoms with Gasteiger partial charge in [0.05, 0.1) is 5.60 Å². The van der Waals surface area contributed by atoms with Gasteiger partial charge in [-0.25, -0.2) is 0 Å². The zero-order valence-corrected chi connectivity index (χ0v) is 14.8. The maximum Gasteiger partial charge on any atom is 0.191 e. The highest BCUT2D eigenvalue weighted by Crippen LogP contribution is 2.23. The molecule has 1 unspecified atom stereocenters. The van der Waals surface area contributed by atoms with Crippen molar-refractivity contribution in [2.24, 2.45) is 4.99 Å². The Labute approximate surface area is 132 Å². The summed E-state index contributed by atoms with van der Waals surface area (Å²) in [5.41, 5.74) is -0.0170. The van der Waals surface area contributed by atoms with Gasteiger partial charge in [-0.1, -0.05) is 0 Å². The molecule has 18 heavy (non-hydrogen) atoms. The minimum Gasteiger partial charge on any atom is -0.373 e. The van der Waals surface area contributed by atoms with Gasteiger partial charge in [0.25, 0.3) is 0 Å². The number of nitrogens with one attached hydrogen (secondary N) is 2. The monoisotopic (exact) mass is 387 g/mol. The van der Waals surface area contributed by atoms with Gasteiger partial charge < -0.3 is 15.4 Å². The van der Waals surface area contributed by atoms with Crippen LogP contribution in [-0.4, -0.2) is 50.3 Å². The Hall–Kier alpha value is 0.310. The Bertz CT molecular complexity index is 245.